The minimum absolute atomic E-state index is 0.136. The van der Waals surface area contributed by atoms with Gasteiger partial charge in [-0.25, -0.2) is 9.69 Å². The Morgan fingerprint density at radius 2 is 1.79 bits per heavy atom. The fourth-order valence-electron chi connectivity index (χ4n) is 4.70. The molecule has 2 heterocycles. The Morgan fingerprint density at radius 1 is 1.04 bits per heavy atom. The fourth-order valence-corrected chi connectivity index (χ4v) is 4.70. The zero-order valence-corrected chi connectivity index (χ0v) is 16.4. The maximum atomic E-state index is 12.9. The normalized spacial score (nSPS) is 28.7. The van der Waals surface area contributed by atoms with Gasteiger partial charge in [-0.2, -0.15) is 0 Å². The molecule has 148 valence electrons. The highest BCUT2D eigenvalue weighted by atomic mass is 16.2. The highest BCUT2D eigenvalue weighted by molar-refractivity contribution is 6.44. The molecule has 1 unspecified atom stereocenters. The monoisotopic (exact) mass is 382 g/mol. The molecule has 2 aliphatic heterocycles. The summed E-state index contributed by atoms with van der Waals surface area (Å²) in [5.74, 6) is -1.04. The molecular formula is C22H28N3O3+. The second-order valence-electron chi connectivity index (χ2n) is 8.23. The van der Waals surface area contributed by atoms with Crippen molar-refractivity contribution in [1.82, 2.24) is 9.80 Å². The van der Waals surface area contributed by atoms with Crippen molar-refractivity contribution in [2.75, 3.05) is 19.8 Å². The summed E-state index contributed by atoms with van der Waals surface area (Å²) in [5, 5.41) is 0. The van der Waals surface area contributed by atoms with Crippen LogP contribution in [-0.4, -0.2) is 53.4 Å². The second kappa shape index (κ2) is 7.87. The minimum Gasteiger partial charge on any atom is -0.314 e. The van der Waals surface area contributed by atoms with Gasteiger partial charge >= 0.3 is 17.8 Å². The Kier molecular flexibility index (Phi) is 5.31. The molecule has 4 rings (SSSR count). The van der Waals surface area contributed by atoms with Crippen LogP contribution in [0.15, 0.2) is 36.4 Å². The predicted octanol–water partition coefficient (Wildman–Crippen LogP) is 1.69. The van der Waals surface area contributed by atoms with Crippen LogP contribution < -0.4 is 4.90 Å². The van der Waals surface area contributed by atoms with Crippen molar-refractivity contribution in [2.45, 2.75) is 45.1 Å². The Balaban J connectivity index is 1.42. The highest BCUT2D eigenvalue weighted by Crippen LogP contribution is 2.31. The van der Waals surface area contributed by atoms with Crippen LogP contribution in [0.3, 0.4) is 0 Å². The van der Waals surface area contributed by atoms with Crippen molar-refractivity contribution >= 4 is 23.4 Å². The van der Waals surface area contributed by atoms with Crippen molar-refractivity contribution < 1.29 is 19.3 Å². The Hall–Kier alpha value is -2.47. The zero-order valence-electron chi connectivity index (χ0n) is 16.4. The lowest BCUT2D eigenvalue weighted by molar-refractivity contribution is -0.902. The molecule has 6 nitrogen and oxygen atoms in total. The summed E-state index contributed by atoms with van der Waals surface area (Å²) < 4.78 is 0. The largest absolute Gasteiger partial charge is 0.338 e. The van der Waals surface area contributed by atoms with Gasteiger partial charge in [-0.15, -0.1) is 0 Å². The quantitative estimate of drug-likeness (QED) is 0.637. The van der Waals surface area contributed by atoms with Crippen molar-refractivity contribution in [3.05, 3.63) is 42.0 Å². The van der Waals surface area contributed by atoms with Crippen LogP contribution in [0, 0.1) is 5.92 Å². The van der Waals surface area contributed by atoms with Crippen LogP contribution in [0.25, 0.3) is 5.57 Å². The first-order valence-electron chi connectivity index (χ1n) is 10.3. The number of hydrogen-bond donors (Lipinski definition) is 1. The van der Waals surface area contributed by atoms with Crippen LogP contribution in [0.4, 0.5) is 4.79 Å². The van der Waals surface area contributed by atoms with Gasteiger partial charge in [0.15, 0.2) is 6.67 Å². The standard InChI is InChI=1S/C22H27N3O3/c1-16-7-5-6-10-19(16)25-21(27)20(26)24(22(25)28)15-23-13-11-18(12-14-23)17-8-3-2-4-9-17/h2-4,8-9,11,16,19H,5-7,10,12-15H2,1H3/p+1/t16-,19+/m1/s1. The van der Waals surface area contributed by atoms with Gasteiger partial charge in [0.2, 0.25) is 0 Å². The molecule has 28 heavy (non-hydrogen) atoms. The maximum absolute atomic E-state index is 12.9. The van der Waals surface area contributed by atoms with Gasteiger partial charge in [-0.3, -0.25) is 14.5 Å². The number of urea groups is 1. The third kappa shape index (κ3) is 3.49. The van der Waals surface area contributed by atoms with E-state index >= 15 is 0 Å². The topological polar surface area (TPSA) is 62.1 Å². The first-order chi connectivity index (χ1) is 13.6. The Bertz CT molecular complexity index is 805. The lowest BCUT2D eigenvalue weighted by Crippen LogP contribution is -3.14. The SMILES string of the molecule is C[C@@H]1CCCC[C@@H]1N1C(=O)C(=O)N(C[NH+]2CC=C(c3ccccc3)CC2)C1=O. The van der Waals surface area contributed by atoms with Crippen LogP contribution in [0.2, 0.25) is 0 Å². The van der Waals surface area contributed by atoms with Gasteiger partial charge in [-0.1, -0.05) is 50.1 Å². The van der Waals surface area contributed by atoms with Gasteiger partial charge in [0.25, 0.3) is 0 Å². The smallest absolute Gasteiger partial charge is 0.314 e. The maximum Gasteiger partial charge on any atom is 0.338 e. The van der Waals surface area contributed by atoms with E-state index in [1.807, 2.05) is 18.2 Å². The molecule has 1 aromatic rings. The third-order valence-electron chi connectivity index (χ3n) is 6.39. The van der Waals surface area contributed by atoms with Gasteiger partial charge < -0.3 is 4.90 Å². The number of quaternary nitrogens is 1. The number of carbonyl (C=O) groups excluding carboxylic acids is 3. The van der Waals surface area contributed by atoms with Gasteiger partial charge in [-0.05, 0) is 36.0 Å². The molecule has 0 spiro atoms. The summed E-state index contributed by atoms with van der Waals surface area (Å²) in [6.45, 7) is 3.92. The molecule has 2 fully saturated rings. The highest BCUT2D eigenvalue weighted by Gasteiger charge is 2.50. The van der Waals surface area contributed by atoms with Crippen LogP contribution in [0.1, 0.15) is 44.6 Å². The third-order valence-corrected chi connectivity index (χ3v) is 6.39. The van der Waals surface area contributed by atoms with E-state index in [2.05, 4.69) is 25.1 Å². The van der Waals surface area contributed by atoms with Crippen LogP contribution >= 0.6 is 0 Å². The number of amides is 4. The van der Waals surface area contributed by atoms with Gasteiger partial charge in [0.05, 0.1) is 13.1 Å². The molecule has 6 heteroatoms. The average molecular weight is 382 g/mol. The summed E-state index contributed by atoms with van der Waals surface area (Å²) in [6, 6.07) is 9.72. The molecule has 3 atom stereocenters. The fraction of sp³-hybridized carbons (Fsp3) is 0.500. The number of hydrogen-bond acceptors (Lipinski definition) is 3. The van der Waals surface area contributed by atoms with Gasteiger partial charge in [0, 0.05) is 12.5 Å². The number of nitrogens with one attached hydrogen (secondary N) is 1. The lowest BCUT2D eigenvalue weighted by atomic mass is 9.85. The van der Waals surface area contributed by atoms with Crippen molar-refractivity contribution in [3.63, 3.8) is 0 Å². The summed E-state index contributed by atoms with van der Waals surface area (Å²) in [6.07, 6.45) is 7.01. The molecule has 3 aliphatic rings. The van der Waals surface area contributed by atoms with E-state index in [1.165, 1.54) is 20.9 Å². The van der Waals surface area contributed by atoms with E-state index in [9.17, 15) is 14.4 Å². The van der Waals surface area contributed by atoms with E-state index in [0.717, 1.165) is 50.1 Å². The second-order valence-corrected chi connectivity index (χ2v) is 8.23. The number of carbonyl (C=O) groups is 3. The molecule has 0 radical (unpaired) electrons. The molecule has 4 amide bonds. The van der Waals surface area contributed by atoms with Crippen LogP contribution in [-0.2, 0) is 9.59 Å². The first-order valence-corrected chi connectivity index (χ1v) is 10.3. The van der Waals surface area contributed by atoms with Gasteiger partial charge in [0.1, 0.15) is 0 Å². The Labute approximate surface area is 165 Å². The molecule has 1 aliphatic carbocycles. The number of benzene rings is 1. The van der Waals surface area contributed by atoms with Crippen molar-refractivity contribution in [3.8, 4) is 0 Å². The molecule has 0 aromatic heterocycles. The summed E-state index contributed by atoms with van der Waals surface area (Å²) in [5.41, 5.74) is 2.53. The minimum atomic E-state index is -0.659. The van der Waals surface area contributed by atoms with Crippen molar-refractivity contribution in [1.29, 1.82) is 0 Å². The van der Waals surface area contributed by atoms with E-state index in [4.69, 9.17) is 0 Å². The molecule has 1 saturated carbocycles. The zero-order chi connectivity index (χ0) is 19.7. The van der Waals surface area contributed by atoms with E-state index < -0.39 is 17.8 Å². The summed E-state index contributed by atoms with van der Waals surface area (Å²) in [7, 11) is 0. The van der Waals surface area contributed by atoms with E-state index in [-0.39, 0.29) is 18.6 Å². The number of nitrogens with zero attached hydrogens (tertiary/aromatic N) is 2. The molecule has 1 N–H and O–H groups in total. The lowest BCUT2D eigenvalue weighted by Gasteiger charge is -2.34. The molecular weight excluding hydrogens is 354 g/mol. The Morgan fingerprint density at radius 3 is 2.46 bits per heavy atom. The molecule has 1 aromatic carbocycles. The number of imide groups is 2. The summed E-state index contributed by atoms with van der Waals surface area (Å²) in [4.78, 5) is 41.5. The van der Waals surface area contributed by atoms with Crippen molar-refractivity contribution in [2.24, 2.45) is 5.92 Å². The van der Waals surface area contributed by atoms with Crippen LogP contribution in [0.5, 0.6) is 0 Å². The van der Waals surface area contributed by atoms with E-state index in [1.54, 1.807) is 0 Å². The predicted molar refractivity (Wildman–Crippen MR) is 105 cm³/mol. The summed E-state index contributed by atoms with van der Waals surface area (Å²) >= 11 is 0. The molecule has 0 bridgehead atoms. The first kappa shape index (κ1) is 18.9. The average Bonchev–Trinajstić information content (AvgIpc) is 2.93. The molecule has 1 saturated heterocycles. The van der Waals surface area contributed by atoms with E-state index in [0.29, 0.717) is 0 Å². The number of rotatable bonds is 4.